The lowest BCUT2D eigenvalue weighted by Crippen LogP contribution is -2.65. The van der Waals surface area contributed by atoms with Gasteiger partial charge >= 0.3 is 6.09 Å². The largest absolute Gasteiger partial charge is 0.443 e. The Balaban J connectivity index is 2.11. The standard InChI is InChI=1S/C23H26N2O4/c1-16(26)24-23(14-17-10-6-5-7-11-17)15-18-12-8-9-13-19(18)25(20(23)27)21(28)29-22(2,3)4/h5-13H,14-15H2,1-4H3,(H,24,26). The van der Waals surface area contributed by atoms with Gasteiger partial charge in [0, 0.05) is 19.8 Å². The number of hydrogen-bond acceptors (Lipinski definition) is 4. The van der Waals surface area contributed by atoms with Crippen molar-refractivity contribution in [2.45, 2.75) is 51.7 Å². The number of rotatable bonds is 3. The van der Waals surface area contributed by atoms with Crippen LogP contribution in [0.25, 0.3) is 0 Å². The van der Waals surface area contributed by atoms with Crippen LogP contribution in [0.3, 0.4) is 0 Å². The van der Waals surface area contributed by atoms with Gasteiger partial charge in [0.2, 0.25) is 5.91 Å². The topological polar surface area (TPSA) is 75.7 Å². The summed E-state index contributed by atoms with van der Waals surface area (Å²) in [6.45, 7) is 6.61. The maximum absolute atomic E-state index is 13.7. The fourth-order valence-corrected chi connectivity index (χ4v) is 3.65. The van der Waals surface area contributed by atoms with E-state index in [2.05, 4.69) is 5.32 Å². The van der Waals surface area contributed by atoms with Gasteiger partial charge < -0.3 is 10.1 Å². The normalized spacial score (nSPS) is 18.8. The van der Waals surface area contributed by atoms with E-state index in [0.717, 1.165) is 16.0 Å². The third kappa shape index (κ3) is 4.47. The predicted molar refractivity (Wildman–Crippen MR) is 111 cm³/mol. The summed E-state index contributed by atoms with van der Waals surface area (Å²) in [5.41, 5.74) is 0.125. The first-order valence-corrected chi connectivity index (χ1v) is 9.59. The number of ether oxygens (including phenoxy) is 1. The monoisotopic (exact) mass is 394 g/mol. The van der Waals surface area contributed by atoms with E-state index in [1.165, 1.54) is 6.92 Å². The molecule has 0 saturated heterocycles. The summed E-state index contributed by atoms with van der Waals surface area (Å²) >= 11 is 0. The zero-order chi connectivity index (χ0) is 21.2. The summed E-state index contributed by atoms with van der Waals surface area (Å²) in [7, 11) is 0. The van der Waals surface area contributed by atoms with Crippen molar-refractivity contribution in [3.63, 3.8) is 0 Å². The van der Waals surface area contributed by atoms with Gasteiger partial charge in [0.1, 0.15) is 11.1 Å². The summed E-state index contributed by atoms with van der Waals surface area (Å²) < 4.78 is 5.51. The van der Waals surface area contributed by atoms with Gasteiger partial charge in [-0.25, -0.2) is 9.69 Å². The number of amides is 3. The molecular formula is C23H26N2O4. The van der Waals surface area contributed by atoms with Crippen LogP contribution in [-0.2, 0) is 27.2 Å². The molecule has 6 nitrogen and oxygen atoms in total. The maximum Gasteiger partial charge on any atom is 0.421 e. The van der Waals surface area contributed by atoms with Crippen LogP contribution in [0.15, 0.2) is 54.6 Å². The molecule has 3 rings (SSSR count). The number of anilines is 1. The average molecular weight is 394 g/mol. The minimum Gasteiger partial charge on any atom is -0.443 e. The van der Waals surface area contributed by atoms with Crippen LogP contribution in [0.1, 0.15) is 38.8 Å². The van der Waals surface area contributed by atoms with Crippen molar-refractivity contribution in [2.24, 2.45) is 0 Å². The van der Waals surface area contributed by atoms with Gasteiger partial charge in [-0.3, -0.25) is 9.59 Å². The van der Waals surface area contributed by atoms with Gasteiger partial charge in [-0.05, 0) is 38.0 Å². The Bertz CT molecular complexity index is 933. The number of benzene rings is 2. The Morgan fingerprint density at radius 3 is 2.31 bits per heavy atom. The lowest BCUT2D eigenvalue weighted by atomic mass is 9.79. The van der Waals surface area contributed by atoms with Gasteiger partial charge in [0.05, 0.1) is 5.69 Å². The van der Waals surface area contributed by atoms with Crippen LogP contribution in [0.2, 0.25) is 0 Å². The Morgan fingerprint density at radius 2 is 1.69 bits per heavy atom. The molecule has 1 heterocycles. The van der Waals surface area contributed by atoms with Crippen molar-refractivity contribution in [2.75, 3.05) is 4.90 Å². The summed E-state index contributed by atoms with van der Waals surface area (Å²) in [5, 5.41) is 2.84. The smallest absolute Gasteiger partial charge is 0.421 e. The van der Waals surface area contributed by atoms with Crippen molar-refractivity contribution < 1.29 is 19.1 Å². The second-order valence-electron chi connectivity index (χ2n) is 8.35. The number of nitrogens with one attached hydrogen (secondary N) is 1. The van der Waals surface area contributed by atoms with Gasteiger partial charge in [-0.1, -0.05) is 48.5 Å². The van der Waals surface area contributed by atoms with E-state index in [9.17, 15) is 14.4 Å². The van der Waals surface area contributed by atoms with E-state index in [4.69, 9.17) is 4.74 Å². The van der Waals surface area contributed by atoms with Crippen LogP contribution in [-0.4, -0.2) is 29.0 Å². The maximum atomic E-state index is 13.7. The highest BCUT2D eigenvalue weighted by Gasteiger charge is 2.50. The van der Waals surface area contributed by atoms with E-state index in [0.29, 0.717) is 5.69 Å². The number of hydrogen-bond donors (Lipinski definition) is 1. The third-order valence-corrected chi connectivity index (χ3v) is 4.68. The van der Waals surface area contributed by atoms with Gasteiger partial charge in [0.15, 0.2) is 0 Å². The molecule has 29 heavy (non-hydrogen) atoms. The first kappa shape index (κ1) is 20.6. The van der Waals surface area contributed by atoms with Crippen LogP contribution in [0.4, 0.5) is 10.5 Å². The molecule has 0 aromatic heterocycles. The quantitative estimate of drug-likeness (QED) is 0.863. The minimum atomic E-state index is -1.28. The van der Waals surface area contributed by atoms with Crippen molar-refractivity contribution >= 4 is 23.6 Å². The number of para-hydroxylation sites is 1. The molecule has 0 fully saturated rings. The van der Waals surface area contributed by atoms with Crippen LogP contribution >= 0.6 is 0 Å². The predicted octanol–water partition coefficient (Wildman–Crippen LogP) is 3.63. The molecule has 0 saturated carbocycles. The molecule has 1 N–H and O–H groups in total. The molecule has 6 heteroatoms. The Kier molecular flexibility index (Phi) is 5.46. The first-order valence-electron chi connectivity index (χ1n) is 9.59. The van der Waals surface area contributed by atoms with Crippen molar-refractivity contribution in [3.8, 4) is 0 Å². The van der Waals surface area contributed by atoms with E-state index < -0.39 is 23.1 Å². The van der Waals surface area contributed by atoms with Gasteiger partial charge in [-0.2, -0.15) is 0 Å². The molecule has 152 valence electrons. The van der Waals surface area contributed by atoms with Gasteiger partial charge in [-0.15, -0.1) is 0 Å². The highest BCUT2D eigenvalue weighted by molar-refractivity contribution is 6.18. The van der Waals surface area contributed by atoms with Gasteiger partial charge in [0.25, 0.3) is 5.91 Å². The molecule has 1 atom stereocenters. The van der Waals surface area contributed by atoms with E-state index in [-0.39, 0.29) is 18.7 Å². The molecular weight excluding hydrogens is 368 g/mol. The third-order valence-electron chi connectivity index (χ3n) is 4.68. The first-order chi connectivity index (χ1) is 13.6. The fraction of sp³-hybridized carbons (Fsp3) is 0.348. The number of fused-ring (bicyclic) bond motifs is 1. The van der Waals surface area contributed by atoms with Crippen LogP contribution in [0.5, 0.6) is 0 Å². The number of imide groups is 1. The Morgan fingerprint density at radius 1 is 1.07 bits per heavy atom. The molecule has 0 spiro atoms. The molecule has 1 unspecified atom stereocenters. The number of carbonyl (C=O) groups excluding carboxylic acids is 3. The SMILES string of the molecule is CC(=O)NC1(Cc2ccccc2)Cc2ccccc2N(C(=O)OC(C)(C)C)C1=O. The van der Waals surface area contributed by atoms with Crippen molar-refractivity contribution in [1.82, 2.24) is 5.32 Å². The fourth-order valence-electron chi connectivity index (χ4n) is 3.65. The summed E-state index contributed by atoms with van der Waals surface area (Å²) in [6, 6.07) is 16.6. The minimum absolute atomic E-state index is 0.264. The van der Waals surface area contributed by atoms with Crippen LogP contribution < -0.4 is 10.2 Å². The van der Waals surface area contributed by atoms with E-state index >= 15 is 0 Å². The zero-order valence-corrected chi connectivity index (χ0v) is 17.2. The zero-order valence-electron chi connectivity index (χ0n) is 17.2. The molecule has 1 aliphatic heterocycles. The molecule has 2 aromatic carbocycles. The van der Waals surface area contributed by atoms with Crippen LogP contribution in [0, 0.1) is 0 Å². The van der Waals surface area contributed by atoms with Crippen molar-refractivity contribution in [1.29, 1.82) is 0 Å². The highest BCUT2D eigenvalue weighted by atomic mass is 16.6. The average Bonchev–Trinajstić information content (AvgIpc) is 2.61. The molecule has 2 aromatic rings. The van der Waals surface area contributed by atoms with Crippen molar-refractivity contribution in [3.05, 3.63) is 65.7 Å². The second kappa shape index (κ2) is 7.70. The Hall–Kier alpha value is -3.15. The van der Waals surface area contributed by atoms with E-state index in [1.54, 1.807) is 32.9 Å². The highest BCUT2D eigenvalue weighted by Crippen LogP contribution is 2.35. The second-order valence-corrected chi connectivity index (χ2v) is 8.35. The molecule has 0 radical (unpaired) electrons. The molecule has 1 aliphatic rings. The Labute approximate surface area is 170 Å². The van der Waals surface area contributed by atoms with E-state index in [1.807, 2.05) is 42.5 Å². The number of nitrogens with zero attached hydrogens (tertiary/aromatic N) is 1. The summed E-state index contributed by atoms with van der Waals surface area (Å²) in [5.74, 6) is -0.831. The summed E-state index contributed by atoms with van der Waals surface area (Å²) in [6.07, 6.45) is -0.201. The lowest BCUT2D eigenvalue weighted by Gasteiger charge is -2.42. The summed E-state index contributed by atoms with van der Waals surface area (Å²) in [4.78, 5) is 39.8. The molecule has 0 aliphatic carbocycles. The lowest BCUT2D eigenvalue weighted by molar-refractivity contribution is -0.131. The molecule has 3 amide bonds. The number of carbonyl (C=O) groups is 3. The molecule has 0 bridgehead atoms.